The molecule has 2 aromatic heterocycles. The maximum atomic E-state index is 4.67. The molecule has 126 valence electrons. The quantitative estimate of drug-likeness (QED) is 0.629. The lowest BCUT2D eigenvalue weighted by atomic mass is 10.1. The van der Waals surface area contributed by atoms with Crippen LogP contribution in [0.1, 0.15) is 37.3 Å². The predicted molar refractivity (Wildman–Crippen MR) is 95.5 cm³/mol. The Hall–Kier alpha value is -1.89. The zero-order valence-corrected chi connectivity index (χ0v) is 15.3. The second kappa shape index (κ2) is 8.10. The third-order valence-electron chi connectivity index (χ3n) is 3.94. The molecule has 0 fully saturated rings. The van der Waals surface area contributed by atoms with Crippen LogP contribution < -0.4 is 10.6 Å². The number of aliphatic imine (C=N–C) groups is 1. The number of aromatic nitrogens is 3. The van der Waals surface area contributed by atoms with Crippen molar-refractivity contribution in [1.82, 2.24) is 25.4 Å². The van der Waals surface area contributed by atoms with E-state index in [1.165, 1.54) is 4.88 Å². The molecule has 0 saturated heterocycles. The van der Waals surface area contributed by atoms with Crippen molar-refractivity contribution in [1.29, 1.82) is 0 Å². The molecule has 0 saturated carbocycles. The zero-order valence-electron chi connectivity index (χ0n) is 14.5. The lowest BCUT2D eigenvalue weighted by Gasteiger charge is -2.21. The van der Waals surface area contributed by atoms with Crippen molar-refractivity contribution in [2.24, 2.45) is 18.0 Å². The fraction of sp³-hybridized carbons (Fsp3) is 0.562. The van der Waals surface area contributed by atoms with E-state index in [1.807, 2.05) is 18.5 Å². The van der Waals surface area contributed by atoms with Gasteiger partial charge in [0.15, 0.2) is 11.8 Å². The van der Waals surface area contributed by atoms with Crippen molar-refractivity contribution in [2.75, 3.05) is 0 Å². The van der Waals surface area contributed by atoms with Gasteiger partial charge in [0.1, 0.15) is 12.4 Å². The maximum Gasteiger partial charge on any atom is 0.192 e. The highest BCUT2D eigenvalue weighted by Crippen LogP contribution is 2.08. The van der Waals surface area contributed by atoms with Crippen molar-refractivity contribution in [3.05, 3.63) is 34.0 Å². The summed E-state index contributed by atoms with van der Waals surface area (Å²) in [6.07, 6.45) is 0. The van der Waals surface area contributed by atoms with Gasteiger partial charge in [-0.25, -0.2) is 4.99 Å². The summed E-state index contributed by atoms with van der Waals surface area (Å²) >= 11 is 1.74. The van der Waals surface area contributed by atoms with E-state index in [1.54, 1.807) is 11.3 Å². The molecule has 2 aromatic rings. The number of hydrogen-bond donors (Lipinski definition) is 2. The van der Waals surface area contributed by atoms with Gasteiger partial charge in [-0.2, -0.15) is 0 Å². The van der Waals surface area contributed by atoms with Gasteiger partial charge < -0.3 is 15.2 Å². The van der Waals surface area contributed by atoms with E-state index < -0.39 is 0 Å². The lowest BCUT2D eigenvalue weighted by molar-refractivity contribution is 0.480. The van der Waals surface area contributed by atoms with E-state index in [2.05, 4.69) is 64.1 Å². The molecule has 0 aromatic carbocycles. The van der Waals surface area contributed by atoms with Crippen molar-refractivity contribution in [3.8, 4) is 0 Å². The van der Waals surface area contributed by atoms with Crippen LogP contribution in [0, 0.1) is 12.8 Å². The van der Waals surface area contributed by atoms with Crippen molar-refractivity contribution in [3.63, 3.8) is 0 Å². The van der Waals surface area contributed by atoms with E-state index in [0.29, 0.717) is 18.5 Å². The lowest BCUT2D eigenvalue weighted by Crippen LogP contribution is -2.44. The molecule has 0 aliphatic carbocycles. The van der Waals surface area contributed by atoms with Crippen molar-refractivity contribution < 1.29 is 0 Å². The SMILES string of the molecule is Cc1nnc(CN=C(NCc2cccs2)NC(C)C(C)C)n1C. The average Bonchev–Trinajstić information content (AvgIpc) is 3.14. The first-order chi connectivity index (χ1) is 11.0. The maximum absolute atomic E-state index is 4.67. The highest BCUT2D eigenvalue weighted by molar-refractivity contribution is 7.09. The topological polar surface area (TPSA) is 67.1 Å². The number of nitrogens with zero attached hydrogens (tertiary/aromatic N) is 4. The molecule has 2 rings (SSSR count). The summed E-state index contributed by atoms with van der Waals surface area (Å²) < 4.78 is 1.96. The van der Waals surface area contributed by atoms with Crippen LogP contribution in [0.2, 0.25) is 0 Å². The summed E-state index contributed by atoms with van der Waals surface area (Å²) in [6, 6.07) is 4.52. The third-order valence-corrected chi connectivity index (χ3v) is 4.81. The van der Waals surface area contributed by atoms with Gasteiger partial charge in [-0.05, 0) is 31.2 Å². The van der Waals surface area contributed by atoms with Gasteiger partial charge in [0.2, 0.25) is 0 Å². The Morgan fingerprint density at radius 3 is 2.70 bits per heavy atom. The summed E-state index contributed by atoms with van der Waals surface area (Å²) in [5.74, 6) is 3.09. The van der Waals surface area contributed by atoms with Gasteiger partial charge in [0, 0.05) is 18.0 Å². The molecule has 0 aliphatic rings. The van der Waals surface area contributed by atoms with Gasteiger partial charge in [-0.1, -0.05) is 19.9 Å². The summed E-state index contributed by atoms with van der Waals surface area (Å²) in [6.45, 7) is 9.77. The number of nitrogens with one attached hydrogen (secondary N) is 2. The van der Waals surface area contributed by atoms with Gasteiger partial charge in [0.25, 0.3) is 0 Å². The number of rotatable bonds is 6. The Morgan fingerprint density at radius 2 is 2.13 bits per heavy atom. The molecule has 1 atom stereocenters. The Balaban J connectivity index is 2.04. The first-order valence-corrected chi connectivity index (χ1v) is 8.77. The first-order valence-electron chi connectivity index (χ1n) is 7.89. The van der Waals surface area contributed by atoms with Gasteiger partial charge >= 0.3 is 0 Å². The van der Waals surface area contributed by atoms with Crippen LogP contribution in [0.4, 0.5) is 0 Å². The van der Waals surface area contributed by atoms with Crippen molar-refractivity contribution in [2.45, 2.75) is 46.8 Å². The predicted octanol–water partition coefficient (Wildman–Crippen LogP) is 2.46. The van der Waals surface area contributed by atoms with Crippen LogP contribution in [0.25, 0.3) is 0 Å². The van der Waals surface area contributed by atoms with Gasteiger partial charge in [-0.3, -0.25) is 0 Å². The number of guanidine groups is 1. The number of hydrogen-bond acceptors (Lipinski definition) is 4. The van der Waals surface area contributed by atoms with Crippen LogP contribution in [0.15, 0.2) is 22.5 Å². The Labute approximate surface area is 142 Å². The van der Waals surface area contributed by atoms with E-state index in [-0.39, 0.29) is 0 Å². The molecule has 1 unspecified atom stereocenters. The van der Waals surface area contributed by atoms with Crippen LogP contribution in [-0.4, -0.2) is 26.8 Å². The largest absolute Gasteiger partial charge is 0.354 e. The minimum absolute atomic E-state index is 0.339. The van der Waals surface area contributed by atoms with Crippen LogP contribution >= 0.6 is 11.3 Å². The normalized spacial score (nSPS) is 13.4. The Bertz CT molecular complexity index is 629. The minimum atomic E-state index is 0.339. The summed E-state index contributed by atoms with van der Waals surface area (Å²) in [7, 11) is 1.96. The molecule has 6 nitrogen and oxygen atoms in total. The second-order valence-electron chi connectivity index (χ2n) is 6.00. The smallest absolute Gasteiger partial charge is 0.192 e. The Kier molecular flexibility index (Phi) is 6.15. The molecule has 7 heteroatoms. The molecule has 0 spiro atoms. The van der Waals surface area contributed by atoms with Gasteiger partial charge in [-0.15, -0.1) is 21.5 Å². The molecule has 0 bridgehead atoms. The fourth-order valence-electron chi connectivity index (χ4n) is 1.86. The molecule has 0 radical (unpaired) electrons. The molecule has 0 aliphatic heterocycles. The van der Waals surface area contributed by atoms with E-state index >= 15 is 0 Å². The molecule has 2 heterocycles. The van der Waals surface area contributed by atoms with E-state index in [9.17, 15) is 0 Å². The van der Waals surface area contributed by atoms with Crippen LogP contribution in [0.5, 0.6) is 0 Å². The van der Waals surface area contributed by atoms with E-state index in [0.717, 1.165) is 24.2 Å². The fourth-order valence-corrected chi connectivity index (χ4v) is 2.50. The summed E-state index contributed by atoms with van der Waals surface area (Å²) in [4.78, 5) is 5.95. The minimum Gasteiger partial charge on any atom is -0.354 e. The van der Waals surface area contributed by atoms with Gasteiger partial charge in [0.05, 0.1) is 6.54 Å². The molecular formula is C16H26N6S. The molecule has 0 amide bonds. The standard InChI is InChI=1S/C16H26N6S/c1-11(2)12(3)19-16(17-9-14-7-6-8-23-14)18-10-15-21-20-13(4)22(15)5/h6-8,11-12H,9-10H2,1-5H3,(H2,17,18,19). The Morgan fingerprint density at radius 1 is 1.35 bits per heavy atom. The van der Waals surface area contributed by atoms with Crippen molar-refractivity contribution >= 4 is 17.3 Å². The summed E-state index contributed by atoms with van der Waals surface area (Å²) in [5.41, 5.74) is 0. The highest BCUT2D eigenvalue weighted by Gasteiger charge is 2.10. The highest BCUT2D eigenvalue weighted by atomic mass is 32.1. The monoisotopic (exact) mass is 334 g/mol. The average molecular weight is 334 g/mol. The first kappa shape index (κ1) is 17.5. The molecular weight excluding hydrogens is 308 g/mol. The molecule has 2 N–H and O–H groups in total. The van der Waals surface area contributed by atoms with Crippen LogP contribution in [-0.2, 0) is 20.1 Å². The second-order valence-corrected chi connectivity index (χ2v) is 7.03. The number of thiophene rings is 1. The number of aryl methyl sites for hydroxylation is 1. The summed E-state index contributed by atoms with van der Waals surface area (Å²) in [5, 5.41) is 17.2. The third kappa shape index (κ3) is 5.06. The van der Waals surface area contributed by atoms with E-state index in [4.69, 9.17) is 0 Å². The molecule has 23 heavy (non-hydrogen) atoms. The zero-order chi connectivity index (χ0) is 16.8. The van der Waals surface area contributed by atoms with Crippen LogP contribution in [0.3, 0.4) is 0 Å².